The molecule has 0 saturated carbocycles. The van der Waals surface area contributed by atoms with Gasteiger partial charge < -0.3 is 4.90 Å². The van der Waals surface area contributed by atoms with Crippen LogP contribution in [0.4, 0.5) is 0 Å². The summed E-state index contributed by atoms with van der Waals surface area (Å²) >= 11 is 6.81. The molecule has 0 aliphatic heterocycles. The first-order valence-corrected chi connectivity index (χ1v) is 8.06. The molecule has 0 spiro atoms. The predicted molar refractivity (Wildman–Crippen MR) is 83.1 cm³/mol. The fourth-order valence-electron chi connectivity index (χ4n) is 1.78. The van der Waals surface area contributed by atoms with Crippen molar-refractivity contribution in [2.75, 3.05) is 11.9 Å². The van der Waals surface area contributed by atoms with Crippen molar-refractivity contribution in [3.05, 3.63) is 34.3 Å². The van der Waals surface area contributed by atoms with Crippen molar-refractivity contribution >= 4 is 37.8 Å². The Bertz CT molecular complexity index is 376. The van der Waals surface area contributed by atoms with Crippen LogP contribution in [0.15, 0.2) is 28.7 Å². The second kappa shape index (κ2) is 7.95. The maximum Gasteiger partial charge on any atom is 0.227 e. The third-order valence-electron chi connectivity index (χ3n) is 2.74. The molecule has 0 N–H and O–H groups in total. The molecule has 1 rings (SSSR count). The number of hydrogen-bond acceptors (Lipinski definition) is 1. The Hall–Kier alpha value is -0.350. The first-order chi connectivity index (χ1) is 8.54. The molecular formula is C14H19Br2NO. The fraction of sp³-hybridized carbons (Fsp3) is 0.500. The maximum atomic E-state index is 12.2. The maximum absolute atomic E-state index is 12.2. The Kier molecular flexibility index (Phi) is 6.94. The summed E-state index contributed by atoms with van der Waals surface area (Å²) in [6.45, 7) is 4.94. The van der Waals surface area contributed by atoms with Crippen LogP contribution >= 0.6 is 31.9 Å². The molecule has 0 radical (unpaired) electrons. The van der Waals surface area contributed by atoms with E-state index in [-0.39, 0.29) is 11.9 Å². The van der Waals surface area contributed by atoms with Crippen LogP contribution in [-0.2, 0) is 11.2 Å². The van der Waals surface area contributed by atoms with Crippen LogP contribution in [0, 0.1) is 0 Å². The lowest BCUT2D eigenvalue weighted by atomic mass is 10.1. The largest absolute Gasteiger partial charge is 0.340 e. The number of carbonyl (C=O) groups excluding carboxylic acids is 1. The molecule has 0 fully saturated rings. The number of nitrogens with zero attached hydrogens (tertiary/aromatic N) is 1. The van der Waals surface area contributed by atoms with Gasteiger partial charge in [-0.1, -0.05) is 44.0 Å². The van der Waals surface area contributed by atoms with Gasteiger partial charge in [0.15, 0.2) is 0 Å². The van der Waals surface area contributed by atoms with Crippen LogP contribution in [0.25, 0.3) is 0 Å². The van der Waals surface area contributed by atoms with E-state index in [9.17, 15) is 4.79 Å². The number of amides is 1. The summed E-state index contributed by atoms with van der Waals surface area (Å²) in [7, 11) is 0. The highest BCUT2D eigenvalue weighted by molar-refractivity contribution is 9.10. The second-order valence-electron chi connectivity index (χ2n) is 4.53. The smallest absolute Gasteiger partial charge is 0.227 e. The zero-order valence-electron chi connectivity index (χ0n) is 10.8. The quantitative estimate of drug-likeness (QED) is 0.686. The van der Waals surface area contributed by atoms with E-state index in [1.54, 1.807) is 0 Å². The van der Waals surface area contributed by atoms with E-state index in [1.807, 2.05) is 29.2 Å². The molecule has 4 heteroatoms. The van der Waals surface area contributed by atoms with E-state index < -0.39 is 0 Å². The van der Waals surface area contributed by atoms with E-state index in [4.69, 9.17) is 0 Å². The third kappa shape index (κ3) is 5.11. The molecule has 100 valence electrons. The van der Waals surface area contributed by atoms with E-state index in [0.717, 1.165) is 28.3 Å². The Balaban J connectivity index is 2.63. The fourth-order valence-corrected chi connectivity index (χ4v) is 2.29. The van der Waals surface area contributed by atoms with Crippen LogP contribution in [0.2, 0.25) is 0 Å². The van der Waals surface area contributed by atoms with Gasteiger partial charge >= 0.3 is 0 Å². The zero-order valence-corrected chi connectivity index (χ0v) is 14.0. The molecule has 0 aromatic heterocycles. The van der Waals surface area contributed by atoms with Crippen molar-refractivity contribution in [2.24, 2.45) is 0 Å². The molecule has 18 heavy (non-hydrogen) atoms. The lowest BCUT2D eigenvalue weighted by molar-refractivity contribution is -0.132. The summed E-state index contributed by atoms with van der Waals surface area (Å²) in [6, 6.07) is 8.18. The monoisotopic (exact) mass is 375 g/mol. The van der Waals surface area contributed by atoms with Crippen molar-refractivity contribution < 1.29 is 4.79 Å². The average Bonchev–Trinajstić information content (AvgIpc) is 2.32. The van der Waals surface area contributed by atoms with Gasteiger partial charge in [-0.15, -0.1) is 0 Å². The molecule has 0 aliphatic rings. The van der Waals surface area contributed by atoms with E-state index in [0.29, 0.717) is 6.42 Å². The van der Waals surface area contributed by atoms with Gasteiger partial charge in [0.25, 0.3) is 0 Å². The van der Waals surface area contributed by atoms with Crippen LogP contribution in [-0.4, -0.2) is 28.7 Å². The van der Waals surface area contributed by atoms with Crippen molar-refractivity contribution in [1.82, 2.24) is 4.90 Å². The Morgan fingerprint density at radius 3 is 2.39 bits per heavy atom. The molecule has 1 aromatic carbocycles. The lowest BCUT2D eigenvalue weighted by Crippen LogP contribution is -2.38. The van der Waals surface area contributed by atoms with Crippen molar-refractivity contribution in [1.29, 1.82) is 0 Å². The van der Waals surface area contributed by atoms with Crippen LogP contribution in [0.5, 0.6) is 0 Å². The molecule has 0 atom stereocenters. The number of halogens is 2. The normalized spacial score (nSPS) is 10.7. The van der Waals surface area contributed by atoms with Crippen molar-refractivity contribution in [2.45, 2.75) is 32.7 Å². The zero-order chi connectivity index (χ0) is 13.5. The molecule has 2 nitrogen and oxygen atoms in total. The Morgan fingerprint density at radius 1 is 1.28 bits per heavy atom. The van der Waals surface area contributed by atoms with Gasteiger partial charge in [-0.2, -0.15) is 0 Å². The third-order valence-corrected chi connectivity index (χ3v) is 3.83. The number of benzene rings is 1. The second-order valence-corrected chi connectivity index (χ2v) is 6.24. The molecular weight excluding hydrogens is 358 g/mol. The summed E-state index contributed by atoms with van der Waals surface area (Å²) in [5.74, 6) is 0.202. The molecule has 1 amide bonds. The standard InChI is InChI=1S/C14H19Br2NO/c1-11(2)17(9-3-8-15)14(18)10-12-4-6-13(16)7-5-12/h4-7,11H,3,8-10H2,1-2H3. The topological polar surface area (TPSA) is 20.3 Å². The summed E-state index contributed by atoms with van der Waals surface area (Å²) in [5.41, 5.74) is 1.06. The number of hydrogen-bond donors (Lipinski definition) is 0. The predicted octanol–water partition coefficient (Wildman–Crippen LogP) is 4.01. The molecule has 0 saturated heterocycles. The Morgan fingerprint density at radius 2 is 1.89 bits per heavy atom. The molecule has 0 aliphatic carbocycles. The van der Waals surface area contributed by atoms with E-state index in [1.165, 1.54) is 0 Å². The number of rotatable bonds is 6. The minimum atomic E-state index is 0.202. The summed E-state index contributed by atoms with van der Waals surface area (Å²) in [6.07, 6.45) is 1.47. The number of carbonyl (C=O) groups is 1. The highest BCUT2D eigenvalue weighted by atomic mass is 79.9. The minimum absolute atomic E-state index is 0.202. The van der Waals surface area contributed by atoms with Gasteiger partial charge in [-0.3, -0.25) is 4.79 Å². The Labute approximate surface area is 126 Å². The molecule has 0 heterocycles. The molecule has 1 aromatic rings. The average molecular weight is 377 g/mol. The van der Waals surface area contributed by atoms with Gasteiger partial charge in [0.1, 0.15) is 0 Å². The van der Waals surface area contributed by atoms with Gasteiger partial charge in [0.2, 0.25) is 5.91 Å². The molecule has 0 unspecified atom stereocenters. The van der Waals surface area contributed by atoms with Gasteiger partial charge in [-0.25, -0.2) is 0 Å². The van der Waals surface area contributed by atoms with Crippen molar-refractivity contribution in [3.8, 4) is 0 Å². The van der Waals surface area contributed by atoms with Crippen LogP contribution in [0.3, 0.4) is 0 Å². The van der Waals surface area contributed by atoms with Gasteiger partial charge in [0, 0.05) is 22.4 Å². The summed E-state index contributed by atoms with van der Waals surface area (Å²) in [4.78, 5) is 14.2. The highest BCUT2D eigenvalue weighted by Crippen LogP contribution is 2.12. The molecule has 0 bridgehead atoms. The summed E-state index contributed by atoms with van der Waals surface area (Å²) < 4.78 is 1.04. The van der Waals surface area contributed by atoms with Crippen LogP contribution < -0.4 is 0 Å². The van der Waals surface area contributed by atoms with Crippen molar-refractivity contribution in [3.63, 3.8) is 0 Å². The SMILES string of the molecule is CC(C)N(CCCBr)C(=O)Cc1ccc(Br)cc1. The highest BCUT2D eigenvalue weighted by Gasteiger charge is 2.16. The summed E-state index contributed by atoms with van der Waals surface area (Å²) in [5, 5.41) is 0.932. The first-order valence-electron chi connectivity index (χ1n) is 6.14. The lowest BCUT2D eigenvalue weighted by Gasteiger charge is -2.26. The van der Waals surface area contributed by atoms with Gasteiger partial charge in [0.05, 0.1) is 6.42 Å². The van der Waals surface area contributed by atoms with Gasteiger partial charge in [-0.05, 0) is 38.0 Å². The number of alkyl halides is 1. The van der Waals surface area contributed by atoms with E-state index in [2.05, 4.69) is 45.7 Å². The van der Waals surface area contributed by atoms with E-state index >= 15 is 0 Å². The minimum Gasteiger partial charge on any atom is -0.340 e. The van der Waals surface area contributed by atoms with Crippen LogP contribution in [0.1, 0.15) is 25.8 Å². The first kappa shape index (κ1) is 15.7.